The number of phenols is 3. The van der Waals surface area contributed by atoms with Crippen molar-refractivity contribution < 1.29 is 30.0 Å². The zero-order valence-electron chi connectivity index (χ0n) is 11.7. The summed E-state index contributed by atoms with van der Waals surface area (Å²) in [5.74, 6) is -3.38. The molecule has 23 heavy (non-hydrogen) atoms. The number of hydrogen-bond donors (Lipinski definition) is 5. The third kappa shape index (κ3) is 3.79. The fourth-order valence-corrected chi connectivity index (χ4v) is 1.80. The van der Waals surface area contributed by atoms with E-state index in [9.17, 15) is 24.9 Å². The number of carboxylic acid groups (broad SMARTS) is 1. The number of carbonyl (C=O) groups is 2. The average Bonchev–Trinajstić information content (AvgIpc) is 2.52. The number of benzene rings is 2. The Bertz CT molecular complexity index is 797. The van der Waals surface area contributed by atoms with Crippen LogP contribution in [0.1, 0.15) is 15.9 Å². The van der Waals surface area contributed by atoms with E-state index in [-0.39, 0.29) is 11.1 Å². The van der Waals surface area contributed by atoms with Crippen molar-refractivity contribution in [3.63, 3.8) is 0 Å². The van der Waals surface area contributed by atoms with Crippen molar-refractivity contribution in [2.45, 2.75) is 0 Å². The fraction of sp³-hybridized carbons (Fsp3) is 0. The summed E-state index contributed by atoms with van der Waals surface area (Å²) in [5.41, 5.74) is 0.472. The normalized spacial score (nSPS) is 10.6. The van der Waals surface area contributed by atoms with Gasteiger partial charge in [0.2, 0.25) is 11.7 Å². The summed E-state index contributed by atoms with van der Waals surface area (Å²) in [4.78, 5) is 22.6. The maximum atomic E-state index is 11.8. The lowest BCUT2D eigenvalue weighted by atomic mass is 10.1. The first-order valence-electron chi connectivity index (χ1n) is 6.45. The first-order valence-corrected chi connectivity index (χ1v) is 6.45. The molecular weight excluding hydrogens is 302 g/mol. The van der Waals surface area contributed by atoms with Gasteiger partial charge in [-0.1, -0.05) is 6.07 Å². The van der Waals surface area contributed by atoms with Crippen molar-refractivity contribution in [3.05, 3.63) is 53.6 Å². The zero-order valence-corrected chi connectivity index (χ0v) is 11.7. The molecule has 2 rings (SSSR count). The van der Waals surface area contributed by atoms with Gasteiger partial charge in [0.1, 0.15) is 0 Å². The van der Waals surface area contributed by atoms with E-state index >= 15 is 0 Å². The minimum atomic E-state index is -1.11. The highest BCUT2D eigenvalue weighted by molar-refractivity contribution is 6.02. The Balaban J connectivity index is 2.12. The molecule has 7 heteroatoms. The number of phenolic OH excluding ortho intramolecular Hbond substituents is 3. The van der Waals surface area contributed by atoms with E-state index in [4.69, 9.17) is 5.11 Å². The van der Waals surface area contributed by atoms with Crippen molar-refractivity contribution in [1.82, 2.24) is 0 Å². The second-order valence-corrected chi connectivity index (χ2v) is 4.58. The van der Waals surface area contributed by atoms with Crippen molar-refractivity contribution in [1.29, 1.82) is 0 Å². The number of aromatic carboxylic acids is 1. The van der Waals surface area contributed by atoms with E-state index in [0.29, 0.717) is 5.69 Å². The summed E-state index contributed by atoms with van der Waals surface area (Å²) in [6, 6.07) is 8.21. The Kier molecular flexibility index (Phi) is 4.51. The van der Waals surface area contributed by atoms with Crippen LogP contribution in [-0.4, -0.2) is 32.3 Å². The zero-order chi connectivity index (χ0) is 17.0. The van der Waals surface area contributed by atoms with E-state index < -0.39 is 29.1 Å². The number of hydrogen-bond acceptors (Lipinski definition) is 5. The Morgan fingerprint density at radius 2 is 1.74 bits per heavy atom. The minimum absolute atomic E-state index is 0.0351. The number of nitrogens with one attached hydrogen (secondary N) is 1. The molecule has 7 nitrogen and oxygen atoms in total. The van der Waals surface area contributed by atoms with E-state index in [1.165, 1.54) is 42.5 Å². The quantitative estimate of drug-likeness (QED) is 0.434. The molecule has 0 unspecified atom stereocenters. The monoisotopic (exact) mass is 315 g/mol. The van der Waals surface area contributed by atoms with Crippen LogP contribution in [0.15, 0.2) is 42.5 Å². The highest BCUT2D eigenvalue weighted by atomic mass is 16.4. The molecule has 0 aliphatic carbocycles. The van der Waals surface area contributed by atoms with Crippen molar-refractivity contribution >= 4 is 23.6 Å². The molecule has 118 valence electrons. The van der Waals surface area contributed by atoms with Gasteiger partial charge in [0.25, 0.3) is 0 Å². The van der Waals surface area contributed by atoms with Gasteiger partial charge in [-0.3, -0.25) is 4.79 Å². The molecule has 0 fully saturated rings. The van der Waals surface area contributed by atoms with Crippen LogP contribution in [0.5, 0.6) is 17.2 Å². The van der Waals surface area contributed by atoms with Gasteiger partial charge in [-0.2, -0.15) is 0 Å². The van der Waals surface area contributed by atoms with Gasteiger partial charge in [-0.05, 0) is 36.4 Å². The van der Waals surface area contributed by atoms with Gasteiger partial charge in [-0.25, -0.2) is 4.79 Å². The Labute approximate surface area is 130 Å². The lowest BCUT2D eigenvalue weighted by Crippen LogP contribution is -2.08. The van der Waals surface area contributed by atoms with E-state index in [1.54, 1.807) is 0 Å². The van der Waals surface area contributed by atoms with Crippen molar-refractivity contribution in [3.8, 4) is 17.2 Å². The minimum Gasteiger partial charge on any atom is -0.504 e. The van der Waals surface area contributed by atoms with Crippen molar-refractivity contribution in [2.24, 2.45) is 0 Å². The van der Waals surface area contributed by atoms with Crippen LogP contribution in [0.25, 0.3) is 6.08 Å². The molecule has 0 aromatic heterocycles. The van der Waals surface area contributed by atoms with Gasteiger partial charge in [0.05, 0.1) is 5.56 Å². The van der Waals surface area contributed by atoms with Crippen LogP contribution in [0.3, 0.4) is 0 Å². The summed E-state index contributed by atoms with van der Waals surface area (Å²) in [5, 5.41) is 39.6. The van der Waals surface area contributed by atoms with E-state index in [2.05, 4.69) is 5.32 Å². The number of amides is 1. The molecule has 0 spiro atoms. The van der Waals surface area contributed by atoms with Gasteiger partial charge in [0.15, 0.2) is 11.5 Å². The predicted molar refractivity (Wildman–Crippen MR) is 82.5 cm³/mol. The molecule has 0 atom stereocenters. The highest BCUT2D eigenvalue weighted by Crippen LogP contribution is 2.37. The van der Waals surface area contributed by atoms with Gasteiger partial charge < -0.3 is 25.7 Å². The van der Waals surface area contributed by atoms with Crippen LogP contribution < -0.4 is 5.32 Å². The summed E-state index contributed by atoms with van der Waals surface area (Å²) in [6.45, 7) is 0. The Morgan fingerprint density at radius 1 is 1.00 bits per heavy atom. The van der Waals surface area contributed by atoms with Crippen LogP contribution in [0.2, 0.25) is 0 Å². The third-order valence-electron chi connectivity index (χ3n) is 2.95. The van der Waals surface area contributed by atoms with Crippen LogP contribution in [0, 0.1) is 0 Å². The standard InChI is InChI=1S/C16H13NO6/c18-12-6-4-9(14(20)15(12)21)5-7-13(19)17-11-3-1-2-10(8-11)16(22)23/h1-8,18,20-21H,(H,17,19)(H,22,23). The molecule has 0 aliphatic heterocycles. The molecular formula is C16H13NO6. The van der Waals surface area contributed by atoms with Gasteiger partial charge in [-0.15, -0.1) is 0 Å². The number of anilines is 1. The SMILES string of the molecule is O=C(C=Cc1ccc(O)c(O)c1O)Nc1cccc(C(=O)O)c1. The van der Waals surface area contributed by atoms with Gasteiger partial charge in [0, 0.05) is 17.3 Å². The maximum absolute atomic E-state index is 11.8. The number of rotatable bonds is 4. The number of aromatic hydroxyl groups is 3. The lowest BCUT2D eigenvalue weighted by molar-refractivity contribution is -0.111. The van der Waals surface area contributed by atoms with E-state index in [1.807, 2.05) is 0 Å². The average molecular weight is 315 g/mol. The van der Waals surface area contributed by atoms with Crippen LogP contribution >= 0.6 is 0 Å². The fourth-order valence-electron chi connectivity index (χ4n) is 1.80. The summed E-state index contributed by atoms with van der Waals surface area (Å²) in [7, 11) is 0. The molecule has 0 heterocycles. The second-order valence-electron chi connectivity index (χ2n) is 4.58. The number of carbonyl (C=O) groups excluding carboxylic acids is 1. The third-order valence-corrected chi connectivity index (χ3v) is 2.95. The van der Waals surface area contributed by atoms with Crippen LogP contribution in [-0.2, 0) is 4.79 Å². The smallest absolute Gasteiger partial charge is 0.335 e. The lowest BCUT2D eigenvalue weighted by Gasteiger charge is -2.05. The number of carboxylic acids is 1. The molecule has 5 N–H and O–H groups in total. The molecule has 2 aromatic carbocycles. The largest absolute Gasteiger partial charge is 0.504 e. The highest BCUT2D eigenvalue weighted by Gasteiger charge is 2.09. The molecule has 1 amide bonds. The predicted octanol–water partition coefficient (Wildman–Crippen LogP) is 2.15. The molecule has 0 saturated carbocycles. The summed E-state index contributed by atoms with van der Waals surface area (Å²) >= 11 is 0. The second kappa shape index (κ2) is 6.52. The van der Waals surface area contributed by atoms with Gasteiger partial charge >= 0.3 is 5.97 Å². The van der Waals surface area contributed by atoms with Crippen molar-refractivity contribution in [2.75, 3.05) is 5.32 Å². The first kappa shape index (κ1) is 15.9. The molecule has 0 saturated heterocycles. The summed E-state index contributed by atoms with van der Waals surface area (Å²) in [6.07, 6.45) is 2.34. The summed E-state index contributed by atoms with van der Waals surface area (Å²) < 4.78 is 0. The molecule has 0 bridgehead atoms. The van der Waals surface area contributed by atoms with E-state index in [0.717, 1.165) is 6.08 Å². The van der Waals surface area contributed by atoms with Crippen LogP contribution in [0.4, 0.5) is 5.69 Å². The Morgan fingerprint density at radius 3 is 2.43 bits per heavy atom. The Hall–Kier alpha value is -3.48. The molecule has 0 radical (unpaired) electrons. The first-order chi connectivity index (χ1) is 10.9. The molecule has 2 aromatic rings. The molecule has 0 aliphatic rings. The maximum Gasteiger partial charge on any atom is 0.335 e. The topological polar surface area (TPSA) is 127 Å².